The van der Waals surface area contributed by atoms with Gasteiger partial charge in [-0.15, -0.1) is 0 Å². The first kappa shape index (κ1) is 15.6. The van der Waals surface area contributed by atoms with Crippen LogP contribution in [0.25, 0.3) is 11.1 Å². The second kappa shape index (κ2) is 5.91. The molecule has 0 atom stereocenters. The molecule has 104 valence electrons. The molecule has 0 saturated heterocycles. The molecule has 0 unspecified atom stereocenters. The highest BCUT2D eigenvalue weighted by Gasteiger charge is 2.21. The molecule has 0 fully saturated rings. The number of aromatic nitrogens is 1. The number of hydrogen-bond donors (Lipinski definition) is 3. The summed E-state index contributed by atoms with van der Waals surface area (Å²) in [7, 11) is 0. The van der Waals surface area contributed by atoms with Gasteiger partial charge >= 0.3 is 0 Å². The fraction of sp³-hybridized carbons (Fsp3) is 0. The summed E-state index contributed by atoms with van der Waals surface area (Å²) >= 11 is 3.97. The van der Waals surface area contributed by atoms with E-state index in [-0.39, 0.29) is 33.8 Å². The van der Waals surface area contributed by atoms with Crippen molar-refractivity contribution in [2.45, 2.75) is 0 Å². The molecule has 1 aromatic carbocycles. The molecule has 1 aromatic heterocycles. The molecular formula is C13H6I2N4O2. The van der Waals surface area contributed by atoms with Crippen LogP contribution in [-0.4, -0.2) is 10.1 Å². The van der Waals surface area contributed by atoms with Crippen LogP contribution in [0.15, 0.2) is 16.9 Å². The number of nitrogens with zero attached hydrogens (tertiary/aromatic N) is 2. The summed E-state index contributed by atoms with van der Waals surface area (Å²) in [6, 6.07) is 6.95. The van der Waals surface area contributed by atoms with Crippen LogP contribution in [0.1, 0.15) is 11.1 Å². The van der Waals surface area contributed by atoms with Gasteiger partial charge < -0.3 is 15.8 Å². The normalized spacial score (nSPS) is 9.90. The van der Waals surface area contributed by atoms with E-state index in [0.29, 0.717) is 3.57 Å². The number of aromatic hydroxyl groups is 1. The average Bonchev–Trinajstić information content (AvgIpc) is 2.42. The van der Waals surface area contributed by atoms with E-state index in [0.717, 1.165) is 3.57 Å². The van der Waals surface area contributed by atoms with Gasteiger partial charge in [0.25, 0.3) is 5.56 Å². The predicted octanol–water partition coefficient (Wildman–Crippen LogP) is 2.28. The Morgan fingerprint density at radius 1 is 1.19 bits per heavy atom. The lowest BCUT2D eigenvalue weighted by Crippen LogP contribution is -2.16. The van der Waals surface area contributed by atoms with Gasteiger partial charge in [-0.25, -0.2) is 0 Å². The first-order chi connectivity index (χ1) is 9.90. The van der Waals surface area contributed by atoms with Crippen molar-refractivity contribution < 1.29 is 5.11 Å². The molecule has 0 bridgehead atoms. The Balaban J connectivity index is 3.04. The SMILES string of the molecule is N#Cc1c(N)[nH]c(=O)c(C#N)c1-c1cc(I)cc(I)c1O. The maximum atomic E-state index is 11.9. The molecular weight excluding hydrogens is 498 g/mol. The van der Waals surface area contributed by atoms with Crippen LogP contribution in [0.2, 0.25) is 0 Å². The zero-order valence-corrected chi connectivity index (χ0v) is 14.6. The van der Waals surface area contributed by atoms with Gasteiger partial charge in [-0.05, 0) is 57.3 Å². The minimum Gasteiger partial charge on any atom is -0.506 e. The van der Waals surface area contributed by atoms with Gasteiger partial charge in [-0.1, -0.05) is 0 Å². The third-order valence-electron chi connectivity index (χ3n) is 2.77. The monoisotopic (exact) mass is 504 g/mol. The lowest BCUT2D eigenvalue weighted by molar-refractivity contribution is 0.473. The Kier molecular flexibility index (Phi) is 4.39. The van der Waals surface area contributed by atoms with Gasteiger partial charge in [0.2, 0.25) is 0 Å². The van der Waals surface area contributed by atoms with Crippen molar-refractivity contribution >= 4 is 51.0 Å². The predicted molar refractivity (Wildman–Crippen MR) is 93.4 cm³/mol. The maximum absolute atomic E-state index is 11.9. The van der Waals surface area contributed by atoms with Crippen LogP contribution in [-0.2, 0) is 0 Å². The summed E-state index contributed by atoms with van der Waals surface area (Å²) < 4.78 is 1.33. The number of rotatable bonds is 1. The number of H-pyrrole nitrogens is 1. The molecule has 0 aliphatic rings. The number of nitrogens with two attached hydrogens (primary N) is 1. The third kappa shape index (κ3) is 2.69. The molecule has 2 aromatic rings. The molecule has 0 amide bonds. The number of halogens is 2. The van der Waals surface area contributed by atoms with Crippen molar-refractivity contribution in [3.05, 3.63) is 40.8 Å². The Hall–Kier alpha value is -1.79. The summed E-state index contributed by atoms with van der Waals surface area (Å²) in [6.07, 6.45) is 0. The highest BCUT2D eigenvalue weighted by atomic mass is 127. The number of phenolic OH excluding ortho intramolecular Hbond substituents is 1. The van der Waals surface area contributed by atoms with Gasteiger partial charge in [-0.3, -0.25) is 4.79 Å². The summed E-state index contributed by atoms with van der Waals surface area (Å²) in [5.41, 5.74) is 4.94. The van der Waals surface area contributed by atoms with E-state index in [1.165, 1.54) is 0 Å². The molecule has 0 aliphatic heterocycles. The Morgan fingerprint density at radius 3 is 2.38 bits per heavy atom. The zero-order valence-electron chi connectivity index (χ0n) is 10.2. The van der Waals surface area contributed by atoms with E-state index in [2.05, 4.69) is 4.98 Å². The fourth-order valence-electron chi connectivity index (χ4n) is 1.87. The van der Waals surface area contributed by atoms with Crippen molar-refractivity contribution in [1.29, 1.82) is 10.5 Å². The van der Waals surface area contributed by atoms with Crippen molar-refractivity contribution in [1.82, 2.24) is 4.98 Å². The highest BCUT2D eigenvalue weighted by molar-refractivity contribution is 14.1. The number of pyridine rings is 1. The van der Waals surface area contributed by atoms with E-state index >= 15 is 0 Å². The molecule has 0 radical (unpaired) electrons. The van der Waals surface area contributed by atoms with E-state index < -0.39 is 5.56 Å². The van der Waals surface area contributed by atoms with E-state index in [9.17, 15) is 20.4 Å². The number of phenols is 1. The first-order valence-electron chi connectivity index (χ1n) is 5.45. The van der Waals surface area contributed by atoms with E-state index in [1.807, 2.05) is 51.3 Å². The molecule has 0 saturated carbocycles. The zero-order chi connectivity index (χ0) is 15.7. The number of nitriles is 2. The molecule has 8 heteroatoms. The third-order valence-corrected chi connectivity index (χ3v) is 4.21. The molecule has 2 rings (SSSR count). The average molecular weight is 504 g/mol. The highest BCUT2D eigenvalue weighted by Crippen LogP contribution is 2.38. The van der Waals surface area contributed by atoms with Crippen molar-refractivity contribution in [3.8, 4) is 29.0 Å². The fourth-order valence-corrected chi connectivity index (χ4v) is 3.71. The van der Waals surface area contributed by atoms with Gasteiger partial charge in [0.05, 0.1) is 3.57 Å². The Labute approximate surface area is 146 Å². The molecule has 21 heavy (non-hydrogen) atoms. The van der Waals surface area contributed by atoms with Crippen LogP contribution in [0.5, 0.6) is 5.75 Å². The summed E-state index contributed by atoms with van der Waals surface area (Å²) in [4.78, 5) is 14.1. The van der Waals surface area contributed by atoms with Crippen LogP contribution in [0.4, 0.5) is 5.82 Å². The molecule has 4 N–H and O–H groups in total. The minimum atomic E-state index is -0.697. The van der Waals surface area contributed by atoms with Crippen molar-refractivity contribution in [2.24, 2.45) is 0 Å². The van der Waals surface area contributed by atoms with Gasteiger partial charge in [0.1, 0.15) is 34.8 Å². The maximum Gasteiger partial charge on any atom is 0.268 e. The largest absolute Gasteiger partial charge is 0.506 e. The second-order valence-electron chi connectivity index (χ2n) is 4.00. The second-order valence-corrected chi connectivity index (χ2v) is 6.41. The van der Waals surface area contributed by atoms with Gasteiger partial charge in [-0.2, -0.15) is 10.5 Å². The standard InChI is InChI=1S/C13H6I2N4O2/c14-5-1-6(11(20)9(15)2-5)10-7(3-16)12(18)19-13(21)8(10)4-17/h1-2,20H,(H3,18,19,21). The van der Waals surface area contributed by atoms with Crippen LogP contribution < -0.4 is 11.3 Å². The first-order valence-corrected chi connectivity index (χ1v) is 7.60. The number of nitrogens with one attached hydrogen (secondary N) is 1. The van der Waals surface area contributed by atoms with Crippen LogP contribution in [0.3, 0.4) is 0 Å². The number of anilines is 1. The minimum absolute atomic E-state index is 0.0424. The molecule has 0 aliphatic carbocycles. The van der Waals surface area contributed by atoms with E-state index in [4.69, 9.17) is 5.73 Å². The summed E-state index contributed by atoms with van der Waals surface area (Å²) in [5.74, 6) is -0.237. The smallest absolute Gasteiger partial charge is 0.268 e. The lowest BCUT2D eigenvalue weighted by Gasteiger charge is -2.12. The van der Waals surface area contributed by atoms with Crippen LogP contribution in [0, 0.1) is 29.8 Å². The quantitative estimate of drug-likeness (QED) is 0.514. The number of hydrogen-bond acceptors (Lipinski definition) is 5. The number of aromatic amines is 1. The molecule has 6 nitrogen and oxygen atoms in total. The summed E-state index contributed by atoms with van der Waals surface area (Å²) in [5, 5.41) is 28.7. The summed E-state index contributed by atoms with van der Waals surface area (Å²) in [6.45, 7) is 0. The Morgan fingerprint density at radius 2 is 1.81 bits per heavy atom. The van der Waals surface area contributed by atoms with Crippen molar-refractivity contribution in [2.75, 3.05) is 5.73 Å². The number of benzene rings is 1. The van der Waals surface area contributed by atoms with Gasteiger partial charge in [0, 0.05) is 14.7 Å². The van der Waals surface area contributed by atoms with E-state index in [1.54, 1.807) is 18.2 Å². The lowest BCUT2D eigenvalue weighted by atomic mass is 9.96. The number of nitrogen functional groups attached to an aromatic ring is 1. The van der Waals surface area contributed by atoms with Crippen molar-refractivity contribution in [3.63, 3.8) is 0 Å². The van der Waals surface area contributed by atoms with Gasteiger partial charge in [0.15, 0.2) is 0 Å². The molecule has 0 spiro atoms. The van der Waals surface area contributed by atoms with Crippen LogP contribution >= 0.6 is 45.2 Å². The topological polar surface area (TPSA) is 127 Å². The molecule has 1 heterocycles. The Bertz CT molecular complexity index is 891.